The number of carbonyl (C=O) groups is 1. The second-order valence-electron chi connectivity index (χ2n) is 9.01. The molecule has 206 valence electrons. The summed E-state index contributed by atoms with van der Waals surface area (Å²) in [6, 6.07) is 10.6. The molecule has 0 spiro atoms. The van der Waals surface area contributed by atoms with Crippen molar-refractivity contribution in [2.45, 2.75) is 33.2 Å². The number of amides is 1. The van der Waals surface area contributed by atoms with Crippen LogP contribution in [0.25, 0.3) is 10.5 Å². The zero-order valence-corrected chi connectivity index (χ0v) is 22.6. The number of carbonyl (C=O) groups excluding carboxylic acids is 1. The van der Waals surface area contributed by atoms with Crippen LogP contribution in [0.1, 0.15) is 38.6 Å². The molecule has 2 aromatic carbocycles. The molecule has 0 radical (unpaired) electrons. The van der Waals surface area contributed by atoms with Crippen molar-refractivity contribution >= 4 is 45.9 Å². The Morgan fingerprint density at radius 2 is 1.90 bits per heavy atom. The van der Waals surface area contributed by atoms with E-state index in [2.05, 4.69) is 15.0 Å². The van der Waals surface area contributed by atoms with Crippen LogP contribution >= 0.6 is 23.7 Å². The second-order valence-corrected chi connectivity index (χ2v) is 10.2. The average molecular weight is 581 g/mol. The first-order chi connectivity index (χ1) is 18.1. The summed E-state index contributed by atoms with van der Waals surface area (Å²) in [5, 5.41) is 2.85. The highest BCUT2D eigenvalue weighted by molar-refractivity contribution is 7.17. The van der Waals surface area contributed by atoms with Gasteiger partial charge in [0.1, 0.15) is 17.3 Å². The van der Waals surface area contributed by atoms with E-state index in [9.17, 15) is 18.0 Å². The first-order valence-corrected chi connectivity index (χ1v) is 12.7. The summed E-state index contributed by atoms with van der Waals surface area (Å²) < 4.78 is 57.8. The highest BCUT2D eigenvalue weighted by Crippen LogP contribution is 2.30. The van der Waals surface area contributed by atoms with E-state index < -0.39 is 12.2 Å². The molecule has 1 N–H and O–H groups in total. The SMILES string of the molecule is Cc1cn2c(C(=O)NCc3ccc(N4CC=C(c5ccc(OC(F)(F)F)cc5)CC4)c(F)c3)c(C)nc2s1.Cl. The van der Waals surface area contributed by atoms with E-state index in [1.54, 1.807) is 35.6 Å². The summed E-state index contributed by atoms with van der Waals surface area (Å²) in [5.74, 6) is -0.935. The van der Waals surface area contributed by atoms with Crippen LogP contribution in [0, 0.1) is 19.7 Å². The number of nitrogens with one attached hydrogen (secondary N) is 1. The number of imidazole rings is 1. The van der Waals surface area contributed by atoms with Crippen LogP contribution in [0.5, 0.6) is 5.75 Å². The van der Waals surface area contributed by atoms with Gasteiger partial charge in [-0.3, -0.25) is 9.20 Å². The number of fused-ring (bicyclic) bond motifs is 1. The van der Waals surface area contributed by atoms with E-state index in [4.69, 9.17) is 0 Å². The molecule has 5 rings (SSSR count). The van der Waals surface area contributed by atoms with Gasteiger partial charge in [0.2, 0.25) is 0 Å². The van der Waals surface area contributed by atoms with Crippen molar-refractivity contribution < 1.29 is 27.1 Å². The molecule has 0 atom stereocenters. The predicted octanol–water partition coefficient (Wildman–Crippen LogP) is 6.70. The number of anilines is 1. The number of ether oxygens (including phenoxy) is 1. The fraction of sp³-hybridized carbons (Fsp3) is 0.259. The number of hydrogen-bond acceptors (Lipinski definition) is 5. The van der Waals surface area contributed by atoms with Crippen LogP contribution < -0.4 is 15.0 Å². The molecule has 2 aromatic heterocycles. The van der Waals surface area contributed by atoms with Crippen molar-refractivity contribution in [3.63, 3.8) is 0 Å². The summed E-state index contributed by atoms with van der Waals surface area (Å²) in [5.41, 5.74) is 3.97. The minimum Gasteiger partial charge on any atom is -0.406 e. The number of rotatable bonds is 6. The molecule has 3 heterocycles. The Bertz CT molecular complexity index is 1530. The fourth-order valence-corrected chi connectivity index (χ4v) is 5.41. The molecule has 39 heavy (non-hydrogen) atoms. The Labute approximate surface area is 232 Å². The maximum Gasteiger partial charge on any atom is 0.573 e. The zero-order chi connectivity index (χ0) is 27.0. The molecule has 0 fully saturated rings. The van der Waals surface area contributed by atoms with Crippen LogP contribution in [-0.2, 0) is 6.54 Å². The molecule has 0 saturated heterocycles. The average Bonchev–Trinajstić information content (AvgIpc) is 3.36. The van der Waals surface area contributed by atoms with Gasteiger partial charge in [0.15, 0.2) is 4.96 Å². The smallest absolute Gasteiger partial charge is 0.406 e. The molecule has 0 unspecified atom stereocenters. The Kier molecular flexibility index (Phi) is 8.22. The molecular formula is C27H25ClF4N4O2S. The van der Waals surface area contributed by atoms with Gasteiger partial charge in [-0.05, 0) is 61.2 Å². The van der Waals surface area contributed by atoms with Gasteiger partial charge in [-0.15, -0.1) is 36.9 Å². The third-order valence-electron chi connectivity index (χ3n) is 6.30. The first kappa shape index (κ1) is 28.4. The highest BCUT2D eigenvalue weighted by Gasteiger charge is 2.31. The number of aryl methyl sites for hydroxylation is 2. The van der Waals surface area contributed by atoms with Gasteiger partial charge in [-0.1, -0.05) is 24.3 Å². The lowest BCUT2D eigenvalue weighted by Crippen LogP contribution is -2.29. The van der Waals surface area contributed by atoms with Crippen LogP contribution in [0.15, 0.2) is 54.7 Å². The molecular weight excluding hydrogens is 556 g/mol. The third kappa shape index (κ3) is 6.36. The van der Waals surface area contributed by atoms with Gasteiger partial charge < -0.3 is 15.0 Å². The number of hydrogen-bond donors (Lipinski definition) is 1. The zero-order valence-electron chi connectivity index (χ0n) is 21.0. The summed E-state index contributed by atoms with van der Waals surface area (Å²) >= 11 is 1.51. The van der Waals surface area contributed by atoms with Gasteiger partial charge in [0, 0.05) is 30.7 Å². The minimum atomic E-state index is -4.73. The minimum absolute atomic E-state index is 0. The highest BCUT2D eigenvalue weighted by atomic mass is 35.5. The van der Waals surface area contributed by atoms with Crippen molar-refractivity contribution in [3.8, 4) is 5.75 Å². The van der Waals surface area contributed by atoms with E-state index in [-0.39, 0.29) is 30.6 Å². The molecule has 4 aromatic rings. The largest absolute Gasteiger partial charge is 0.573 e. The van der Waals surface area contributed by atoms with Crippen LogP contribution in [-0.4, -0.2) is 34.7 Å². The van der Waals surface area contributed by atoms with Gasteiger partial charge in [-0.25, -0.2) is 9.37 Å². The Balaban J connectivity index is 0.00000353. The molecule has 1 amide bonds. The van der Waals surface area contributed by atoms with Crippen LogP contribution in [0.2, 0.25) is 0 Å². The predicted molar refractivity (Wildman–Crippen MR) is 145 cm³/mol. The number of halogens is 5. The van der Waals surface area contributed by atoms with Crippen molar-refractivity contribution in [2.24, 2.45) is 0 Å². The first-order valence-electron chi connectivity index (χ1n) is 11.9. The van der Waals surface area contributed by atoms with E-state index in [0.717, 1.165) is 21.0 Å². The van der Waals surface area contributed by atoms with Crippen LogP contribution in [0.3, 0.4) is 0 Å². The van der Waals surface area contributed by atoms with E-state index in [1.165, 1.54) is 29.5 Å². The third-order valence-corrected chi connectivity index (χ3v) is 7.20. The summed E-state index contributed by atoms with van der Waals surface area (Å²) in [4.78, 5) is 21.0. The number of nitrogens with zero attached hydrogens (tertiary/aromatic N) is 3. The van der Waals surface area contributed by atoms with Gasteiger partial charge in [-0.2, -0.15) is 0 Å². The van der Waals surface area contributed by atoms with Crippen molar-refractivity contribution in [1.29, 1.82) is 0 Å². The quantitative estimate of drug-likeness (QED) is 0.258. The molecule has 1 aliphatic rings. The molecule has 6 nitrogen and oxygen atoms in total. The normalized spacial score (nSPS) is 13.7. The molecule has 0 aliphatic carbocycles. The molecule has 1 aliphatic heterocycles. The van der Waals surface area contributed by atoms with E-state index >= 15 is 4.39 Å². The summed E-state index contributed by atoms with van der Waals surface area (Å²) in [6.07, 6.45) is -0.304. The number of aromatic nitrogens is 2. The van der Waals surface area contributed by atoms with Gasteiger partial charge in [0.05, 0.1) is 11.4 Å². The lowest BCUT2D eigenvalue weighted by Gasteiger charge is -2.29. The van der Waals surface area contributed by atoms with Crippen molar-refractivity contribution in [2.75, 3.05) is 18.0 Å². The standard InChI is InChI=1S/C27H24F4N4O2S.ClH/c1-16-15-35-24(17(2)33-26(35)38-16)25(36)32-14-18-3-8-23(22(28)13-18)34-11-9-20(10-12-34)19-4-6-21(7-5-19)37-27(29,30)31;/h3-9,13,15H,10-12,14H2,1-2H3,(H,32,36);1H. The van der Waals surface area contributed by atoms with E-state index in [1.807, 2.05) is 24.1 Å². The van der Waals surface area contributed by atoms with Crippen LogP contribution in [0.4, 0.5) is 23.2 Å². The lowest BCUT2D eigenvalue weighted by molar-refractivity contribution is -0.274. The monoisotopic (exact) mass is 580 g/mol. The Morgan fingerprint density at radius 3 is 2.54 bits per heavy atom. The number of thiazole rings is 1. The number of benzene rings is 2. The number of alkyl halides is 3. The fourth-order valence-electron chi connectivity index (χ4n) is 4.54. The van der Waals surface area contributed by atoms with Gasteiger partial charge >= 0.3 is 6.36 Å². The Morgan fingerprint density at radius 1 is 1.15 bits per heavy atom. The molecule has 12 heteroatoms. The molecule has 0 bridgehead atoms. The summed E-state index contributed by atoms with van der Waals surface area (Å²) in [6.45, 7) is 4.92. The summed E-state index contributed by atoms with van der Waals surface area (Å²) in [7, 11) is 0. The van der Waals surface area contributed by atoms with E-state index in [0.29, 0.717) is 42.1 Å². The van der Waals surface area contributed by atoms with Crippen molar-refractivity contribution in [1.82, 2.24) is 14.7 Å². The maximum atomic E-state index is 15.0. The lowest BCUT2D eigenvalue weighted by atomic mass is 9.99. The Hall–Kier alpha value is -3.57. The molecule has 0 saturated carbocycles. The second kappa shape index (κ2) is 11.3. The van der Waals surface area contributed by atoms with Crippen molar-refractivity contribution in [3.05, 3.63) is 87.9 Å². The van der Waals surface area contributed by atoms with Gasteiger partial charge in [0.25, 0.3) is 5.91 Å². The topological polar surface area (TPSA) is 58.9 Å². The maximum absolute atomic E-state index is 15.0.